The molecule has 2 heterocycles. The summed E-state index contributed by atoms with van der Waals surface area (Å²) in [5.41, 5.74) is 4.91. The van der Waals surface area contributed by atoms with Crippen LogP contribution in [0.2, 0.25) is 0 Å². The van der Waals surface area contributed by atoms with Crippen molar-refractivity contribution in [3.63, 3.8) is 0 Å². The Balaban J connectivity index is 1.43. The third-order valence-corrected chi connectivity index (χ3v) is 7.64. The highest BCUT2D eigenvalue weighted by Crippen LogP contribution is 2.42. The smallest absolute Gasteiger partial charge is 0.268 e. The SMILES string of the molecule is CCCCC(NC(=O)c1[nH]c2c(c1C)C(O)CC(C)(C)C2)C(=O)Nc1ccc(CN2CCCC2)cc1. The number of aliphatic hydroxyl groups excluding tert-OH is 1. The first-order chi connectivity index (χ1) is 17.2. The van der Waals surface area contributed by atoms with Crippen molar-refractivity contribution in [2.24, 2.45) is 5.41 Å². The number of aromatic amines is 1. The molecular weight excluding hydrogens is 452 g/mol. The predicted octanol–water partition coefficient (Wildman–Crippen LogP) is 4.85. The van der Waals surface area contributed by atoms with Gasteiger partial charge in [-0.25, -0.2) is 0 Å². The fourth-order valence-corrected chi connectivity index (χ4v) is 5.70. The summed E-state index contributed by atoms with van der Waals surface area (Å²) >= 11 is 0. The number of aliphatic hydroxyl groups is 1. The van der Waals surface area contributed by atoms with Gasteiger partial charge < -0.3 is 20.7 Å². The number of nitrogens with one attached hydrogen (secondary N) is 3. The first-order valence-electron chi connectivity index (χ1n) is 13.5. The number of hydrogen-bond donors (Lipinski definition) is 4. The molecule has 4 rings (SSSR count). The van der Waals surface area contributed by atoms with Crippen LogP contribution in [0, 0.1) is 12.3 Å². The first kappa shape index (κ1) is 26.4. The average Bonchev–Trinajstić information content (AvgIpc) is 3.44. The van der Waals surface area contributed by atoms with E-state index in [9.17, 15) is 14.7 Å². The van der Waals surface area contributed by atoms with Gasteiger partial charge in [0.1, 0.15) is 11.7 Å². The largest absolute Gasteiger partial charge is 0.388 e. The molecule has 1 aliphatic heterocycles. The number of carbonyl (C=O) groups excluding carboxylic acids is 2. The molecule has 2 aromatic rings. The van der Waals surface area contributed by atoms with Crippen LogP contribution < -0.4 is 10.6 Å². The monoisotopic (exact) mass is 494 g/mol. The molecule has 1 fully saturated rings. The number of likely N-dealkylation sites (tertiary alicyclic amines) is 1. The quantitative estimate of drug-likeness (QED) is 0.401. The zero-order valence-electron chi connectivity index (χ0n) is 22.2. The Morgan fingerprint density at radius 1 is 1.19 bits per heavy atom. The van der Waals surface area contributed by atoms with Gasteiger partial charge in [-0.05, 0) is 80.8 Å². The zero-order chi connectivity index (χ0) is 25.9. The van der Waals surface area contributed by atoms with Crippen LogP contribution in [0.5, 0.6) is 0 Å². The average molecular weight is 495 g/mol. The van der Waals surface area contributed by atoms with Gasteiger partial charge >= 0.3 is 0 Å². The minimum Gasteiger partial charge on any atom is -0.388 e. The summed E-state index contributed by atoms with van der Waals surface area (Å²) in [7, 11) is 0. The number of benzene rings is 1. The van der Waals surface area contributed by atoms with Crippen LogP contribution in [0.1, 0.15) is 98.3 Å². The van der Waals surface area contributed by atoms with E-state index in [0.717, 1.165) is 61.4 Å². The number of nitrogens with zero attached hydrogens (tertiary/aromatic N) is 1. The molecule has 0 bridgehead atoms. The second kappa shape index (κ2) is 11.2. The van der Waals surface area contributed by atoms with Crippen LogP contribution >= 0.6 is 0 Å². The number of aromatic nitrogens is 1. The van der Waals surface area contributed by atoms with Crippen LogP contribution in [0.3, 0.4) is 0 Å². The molecule has 2 unspecified atom stereocenters. The molecule has 2 amide bonds. The van der Waals surface area contributed by atoms with Crippen molar-refractivity contribution in [1.82, 2.24) is 15.2 Å². The molecule has 1 aromatic carbocycles. The van der Waals surface area contributed by atoms with Gasteiger partial charge in [-0.15, -0.1) is 0 Å². The lowest BCUT2D eigenvalue weighted by molar-refractivity contribution is -0.118. The molecule has 0 radical (unpaired) electrons. The predicted molar refractivity (Wildman–Crippen MR) is 143 cm³/mol. The van der Waals surface area contributed by atoms with E-state index in [2.05, 4.69) is 53.4 Å². The summed E-state index contributed by atoms with van der Waals surface area (Å²) in [5, 5.41) is 16.7. The maximum Gasteiger partial charge on any atom is 0.268 e. The lowest BCUT2D eigenvalue weighted by Crippen LogP contribution is -2.44. The van der Waals surface area contributed by atoms with E-state index in [1.165, 1.54) is 18.4 Å². The Hall–Kier alpha value is -2.64. The number of fused-ring (bicyclic) bond motifs is 1. The molecule has 2 atom stereocenters. The summed E-state index contributed by atoms with van der Waals surface area (Å²) in [5.74, 6) is -0.511. The highest BCUT2D eigenvalue weighted by molar-refractivity contribution is 6.01. The van der Waals surface area contributed by atoms with E-state index < -0.39 is 12.1 Å². The lowest BCUT2D eigenvalue weighted by atomic mass is 9.75. The Morgan fingerprint density at radius 2 is 1.89 bits per heavy atom. The number of unbranched alkanes of at least 4 members (excludes halogenated alkanes) is 1. The van der Waals surface area contributed by atoms with E-state index in [4.69, 9.17) is 0 Å². The Morgan fingerprint density at radius 3 is 2.56 bits per heavy atom. The highest BCUT2D eigenvalue weighted by atomic mass is 16.3. The minimum absolute atomic E-state index is 0.0367. The number of hydrogen-bond acceptors (Lipinski definition) is 4. The van der Waals surface area contributed by atoms with Gasteiger partial charge in [-0.1, -0.05) is 45.7 Å². The van der Waals surface area contributed by atoms with Crippen molar-refractivity contribution in [2.45, 2.75) is 91.3 Å². The Kier molecular flexibility index (Phi) is 8.20. The fraction of sp³-hybridized carbons (Fsp3) is 0.586. The van der Waals surface area contributed by atoms with Crippen molar-refractivity contribution in [1.29, 1.82) is 0 Å². The van der Waals surface area contributed by atoms with Crippen molar-refractivity contribution in [3.05, 3.63) is 52.3 Å². The lowest BCUT2D eigenvalue weighted by Gasteiger charge is -2.33. The number of rotatable bonds is 9. The molecule has 2 aliphatic rings. The van der Waals surface area contributed by atoms with Crippen molar-refractivity contribution >= 4 is 17.5 Å². The maximum absolute atomic E-state index is 13.3. The normalized spacial score (nSPS) is 20.1. The van der Waals surface area contributed by atoms with Gasteiger partial charge in [0.2, 0.25) is 5.91 Å². The Labute approximate surface area is 215 Å². The molecule has 0 spiro atoms. The van der Waals surface area contributed by atoms with Crippen molar-refractivity contribution < 1.29 is 14.7 Å². The molecule has 7 heteroatoms. The van der Waals surface area contributed by atoms with Crippen molar-refractivity contribution in [2.75, 3.05) is 18.4 Å². The van der Waals surface area contributed by atoms with Crippen LogP contribution in [0.25, 0.3) is 0 Å². The summed E-state index contributed by atoms with van der Waals surface area (Å²) in [6.07, 6.45) is 5.72. The van der Waals surface area contributed by atoms with Crippen LogP contribution in [0.15, 0.2) is 24.3 Å². The number of carbonyl (C=O) groups is 2. The summed E-state index contributed by atoms with van der Waals surface area (Å²) in [6, 6.07) is 7.37. The molecule has 196 valence electrons. The van der Waals surface area contributed by atoms with E-state index in [0.29, 0.717) is 18.5 Å². The second-order valence-electron chi connectivity index (χ2n) is 11.4. The van der Waals surface area contributed by atoms with Crippen LogP contribution in [-0.2, 0) is 17.8 Å². The molecule has 1 aliphatic carbocycles. The second-order valence-corrected chi connectivity index (χ2v) is 11.4. The van der Waals surface area contributed by atoms with Gasteiger partial charge in [0.15, 0.2) is 0 Å². The van der Waals surface area contributed by atoms with E-state index in [-0.39, 0.29) is 17.2 Å². The van der Waals surface area contributed by atoms with E-state index >= 15 is 0 Å². The molecular formula is C29H42N4O3. The number of amides is 2. The van der Waals surface area contributed by atoms with Crippen LogP contribution in [-0.4, -0.2) is 45.9 Å². The number of anilines is 1. The minimum atomic E-state index is -0.636. The molecule has 7 nitrogen and oxygen atoms in total. The van der Waals surface area contributed by atoms with Gasteiger partial charge in [-0.2, -0.15) is 0 Å². The van der Waals surface area contributed by atoms with Gasteiger partial charge in [-0.3, -0.25) is 14.5 Å². The number of H-pyrrole nitrogens is 1. The standard InChI is InChI=1S/C29H42N4O3/c1-5-6-9-22(27(35)30-21-12-10-20(11-13-21)18-33-14-7-8-15-33)32-28(36)26-19(2)25-23(31-26)16-29(3,4)17-24(25)34/h10-13,22,24,31,34H,5-9,14-18H2,1-4H3,(H,30,35)(H,32,36). The molecule has 0 saturated carbocycles. The third kappa shape index (κ3) is 6.19. The molecule has 4 N–H and O–H groups in total. The molecule has 36 heavy (non-hydrogen) atoms. The van der Waals surface area contributed by atoms with Crippen molar-refractivity contribution in [3.8, 4) is 0 Å². The van der Waals surface area contributed by atoms with E-state index in [1.54, 1.807) is 0 Å². The van der Waals surface area contributed by atoms with E-state index in [1.807, 2.05) is 19.1 Å². The third-order valence-electron chi connectivity index (χ3n) is 7.64. The summed E-state index contributed by atoms with van der Waals surface area (Å²) in [4.78, 5) is 32.2. The maximum atomic E-state index is 13.3. The molecule has 1 aromatic heterocycles. The van der Waals surface area contributed by atoms with Gasteiger partial charge in [0, 0.05) is 23.5 Å². The fourth-order valence-electron chi connectivity index (χ4n) is 5.70. The van der Waals surface area contributed by atoms with Gasteiger partial charge in [0.05, 0.1) is 6.10 Å². The summed E-state index contributed by atoms with van der Waals surface area (Å²) in [6.45, 7) is 11.4. The first-order valence-corrected chi connectivity index (χ1v) is 13.5. The molecule has 1 saturated heterocycles. The van der Waals surface area contributed by atoms with Gasteiger partial charge in [0.25, 0.3) is 5.91 Å². The summed E-state index contributed by atoms with van der Waals surface area (Å²) < 4.78 is 0. The topological polar surface area (TPSA) is 97.5 Å². The Bertz CT molecular complexity index is 1070. The zero-order valence-corrected chi connectivity index (χ0v) is 22.2. The van der Waals surface area contributed by atoms with Crippen LogP contribution in [0.4, 0.5) is 5.69 Å². The highest BCUT2D eigenvalue weighted by Gasteiger charge is 2.36.